The summed E-state index contributed by atoms with van der Waals surface area (Å²) in [5.74, 6) is 0. The second-order valence-corrected chi connectivity index (χ2v) is 0. The highest BCUT2D eigenvalue weighted by atomic mass is 12.7. The Morgan fingerprint density at radius 2 is 1.00 bits per heavy atom. The molecule has 0 fully saturated rings. The van der Waals surface area contributed by atoms with E-state index in [1.165, 1.54) is 0 Å². The quantitative estimate of drug-likeness (QED) is 0.286. The minimum absolute atomic E-state index is 3.00. The van der Waals surface area contributed by atoms with Gasteiger partial charge < -0.3 is 0 Å². The molecule has 0 saturated carbocycles. The topological polar surface area (TPSA) is 0 Å². The van der Waals surface area contributed by atoms with Crippen LogP contribution in [0.5, 0.6) is 0 Å². The SMILES string of the molecule is C#C.C=C. The number of hydrogen-bond acceptors (Lipinski definition) is 0. The van der Waals surface area contributed by atoms with Crippen molar-refractivity contribution in [3.63, 3.8) is 0 Å². The maximum absolute atomic E-state index is 4.00. The molecule has 0 aromatic carbocycles. The molecule has 0 atom stereocenters. The predicted octanol–water partition coefficient (Wildman–Crippen LogP) is 1.05. The third kappa shape index (κ3) is 0.239. The minimum atomic E-state index is 3.00. The molecule has 0 heteroatoms. The first-order valence-corrected chi connectivity index (χ1v) is 0.833. The molecule has 0 amide bonds. The first-order chi connectivity index (χ1) is 2.00. The lowest BCUT2D eigenvalue weighted by atomic mass is 11.3. The zero-order valence-corrected chi connectivity index (χ0v) is 2.57. The van der Waals surface area contributed by atoms with E-state index in [0.717, 1.165) is 0 Å². The average Bonchev–Trinajstić information content (AvgIpc) is 1.50. The van der Waals surface area contributed by atoms with Crippen LogP contribution in [0.15, 0.2) is 13.2 Å². The summed E-state index contributed by atoms with van der Waals surface area (Å²) in [6, 6.07) is 0. The van der Waals surface area contributed by atoms with Gasteiger partial charge in [0.2, 0.25) is 0 Å². The monoisotopic (exact) mass is 54.0 g/mol. The van der Waals surface area contributed by atoms with Gasteiger partial charge in [-0.1, -0.05) is 0 Å². The van der Waals surface area contributed by atoms with Crippen LogP contribution in [0.1, 0.15) is 0 Å². The smallest absolute Gasteiger partial charge is 0.106 e. The number of terminal acetylenes is 1. The van der Waals surface area contributed by atoms with E-state index in [2.05, 4.69) is 26.0 Å². The van der Waals surface area contributed by atoms with Crippen molar-refractivity contribution in [1.82, 2.24) is 0 Å². The Morgan fingerprint density at radius 3 is 1.00 bits per heavy atom. The molecule has 0 aliphatic heterocycles. The highest BCUT2D eigenvalue weighted by molar-refractivity contribution is 4.47. The Kier molecular flexibility index (Phi) is 20.5. The lowest BCUT2D eigenvalue weighted by Gasteiger charge is -0.813. The molecule has 0 aromatic rings. The molecule has 0 unspecified atom stereocenters. The van der Waals surface area contributed by atoms with Crippen LogP contribution in [0.25, 0.3) is 0 Å². The summed E-state index contributed by atoms with van der Waals surface area (Å²) < 4.78 is 0. The lowest BCUT2D eigenvalue weighted by Crippen LogP contribution is -0.576. The molecular weight excluding hydrogens is 48.0 g/mol. The Bertz CT molecular complexity index is 11.2. The average molecular weight is 54.1 g/mol. The Hall–Kier alpha value is -0.700. The van der Waals surface area contributed by atoms with Gasteiger partial charge in [-0.25, -0.2) is 0 Å². The molecule has 0 aliphatic carbocycles. The van der Waals surface area contributed by atoms with Crippen LogP contribution in [0.4, 0.5) is 0 Å². The van der Waals surface area contributed by atoms with Crippen molar-refractivity contribution in [2.75, 3.05) is 0 Å². The fourth-order valence-electron chi connectivity index (χ4n) is 0. The van der Waals surface area contributed by atoms with Gasteiger partial charge in [-0.15, -0.1) is 26.0 Å². The molecular formula is C4H6. The third-order valence-electron chi connectivity index (χ3n) is 0. The van der Waals surface area contributed by atoms with Crippen molar-refractivity contribution in [1.29, 1.82) is 0 Å². The lowest BCUT2D eigenvalue weighted by molar-refractivity contribution is 2.81. The maximum Gasteiger partial charge on any atom is -0.106 e. The molecule has 0 radical (unpaired) electrons. The van der Waals surface area contributed by atoms with Crippen LogP contribution in [0, 0.1) is 12.8 Å². The Labute approximate surface area is 27.1 Å². The van der Waals surface area contributed by atoms with Gasteiger partial charge in [0.05, 0.1) is 0 Å². The van der Waals surface area contributed by atoms with Gasteiger partial charge in [0.25, 0.3) is 0 Å². The molecule has 0 rings (SSSR count). The van der Waals surface area contributed by atoms with Crippen molar-refractivity contribution < 1.29 is 0 Å². The normalized spacial score (nSPS) is 1.50. The molecule has 0 spiro atoms. The summed E-state index contributed by atoms with van der Waals surface area (Å²) in [5, 5.41) is 0. The van der Waals surface area contributed by atoms with Crippen molar-refractivity contribution in [2.24, 2.45) is 0 Å². The number of hydrogen-bond donors (Lipinski definition) is 0. The Morgan fingerprint density at radius 1 is 1.00 bits per heavy atom. The van der Waals surface area contributed by atoms with Gasteiger partial charge in [-0.05, 0) is 0 Å². The summed E-state index contributed by atoms with van der Waals surface area (Å²) in [5.41, 5.74) is 0. The largest absolute Gasteiger partial charge is 0.124 e. The van der Waals surface area contributed by atoms with Crippen LogP contribution < -0.4 is 0 Å². The van der Waals surface area contributed by atoms with Crippen molar-refractivity contribution in [2.45, 2.75) is 0 Å². The van der Waals surface area contributed by atoms with E-state index >= 15 is 0 Å². The molecule has 0 bridgehead atoms. The fraction of sp³-hybridized carbons (Fsp3) is 0. The summed E-state index contributed by atoms with van der Waals surface area (Å²) >= 11 is 0. The predicted molar refractivity (Wildman–Crippen MR) is 21.1 cm³/mol. The van der Waals surface area contributed by atoms with E-state index in [4.69, 9.17) is 0 Å². The van der Waals surface area contributed by atoms with Gasteiger partial charge in [0, 0.05) is 0 Å². The molecule has 0 aliphatic rings. The van der Waals surface area contributed by atoms with Crippen molar-refractivity contribution >= 4 is 0 Å². The Balaban J connectivity index is 0. The summed E-state index contributed by atoms with van der Waals surface area (Å²) in [4.78, 5) is 0. The van der Waals surface area contributed by atoms with E-state index in [0.29, 0.717) is 0 Å². The number of rotatable bonds is 0. The summed E-state index contributed by atoms with van der Waals surface area (Å²) in [7, 11) is 0. The van der Waals surface area contributed by atoms with Crippen molar-refractivity contribution in [3.05, 3.63) is 13.2 Å². The van der Waals surface area contributed by atoms with Crippen LogP contribution in [0.3, 0.4) is 0 Å². The fourth-order valence-corrected chi connectivity index (χ4v) is 0. The first-order valence-electron chi connectivity index (χ1n) is 0.833. The molecule has 0 nitrogen and oxygen atoms in total. The van der Waals surface area contributed by atoms with Gasteiger partial charge in [0.15, 0.2) is 0 Å². The van der Waals surface area contributed by atoms with Crippen molar-refractivity contribution in [3.8, 4) is 12.8 Å². The molecule has 0 N–H and O–H groups in total. The zero-order valence-electron chi connectivity index (χ0n) is 2.57. The standard InChI is InChI=1S/C2H4.C2H2/c2*1-2/h1-2H2;1-2H. The molecule has 4 heavy (non-hydrogen) atoms. The van der Waals surface area contributed by atoms with Gasteiger partial charge >= 0.3 is 0 Å². The highest BCUT2D eigenvalue weighted by Crippen LogP contribution is 0.862. The van der Waals surface area contributed by atoms with Gasteiger partial charge in [-0.2, -0.15) is 0 Å². The van der Waals surface area contributed by atoms with E-state index in [1.807, 2.05) is 0 Å². The first kappa shape index (κ1) is 10.3. The summed E-state index contributed by atoms with van der Waals surface area (Å²) in [6.45, 7) is 6.00. The molecule has 0 heterocycles. The van der Waals surface area contributed by atoms with Gasteiger partial charge in [0.1, 0.15) is 0 Å². The third-order valence-corrected chi connectivity index (χ3v) is 0. The zero-order chi connectivity index (χ0) is 4.00. The van der Waals surface area contributed by atoms with Crippen LogP contribution in [0.2, 0.25) is 0 Å². The molecule has 0 saturated heterocycles. The highest BCUT2D eigenvalue weighted by Gasteiger charge is 0.601. The molecule has 22 valence electrons. The van der Waals surface area contributed by atoms with Crippen LogP contribution >= 0.6 is 0 Å². The second-order valence-electron chi connectivity index (χ2n) is 0. The van der Waals surface area contributed by atoms with Crippen LogP contribution in [-0.2, 0) is 0 Å². The van der Waals surface area contributed by atoms with Gasteiger partial charge in [-0.3, -0.25) is 0 Å². The van der Waals surface area contributed by atoms with E-state index in [9.17, 15) is 0 Å². The maximum atomic E-state index is 4.00. The molecule has 0 aromatic heterocycles. The summed E-state index contributed by atoms with van der Waals surface area (Å²) in [6.07, 6.45) is 8.00. The van der Waals surface area contributed by atoms with Crippen LogP contribution in [-0.4, -0.2) is 0 Å². The van der Waals surface area contributed by atoms with E-state index in [1.54, 1.807) is 0 Å². The van der Waals surface area contributed by atoms with E-state index < -0.39 is 0 Å². The van der Waals surface area contributed by atoms with E-state index in [-0.39, 0.29) is 0 Å². The second kappa shape index (κ2) is 7.93. The minimum Gasteiger partial charge on any atom is -0.124 e.